The average molecular weight is 645 g/mol. The van der Waals surface area contributed by atoms with Crippen LogP contribution < -0.4 is 15.0 Å². The summed E-state index contributed by atoms with van der Waals surface area (Å²) in [6.07, 6.45) is 3.25. The van der Waals surface area contributed by atoms with Gasteiger partial charge in [0.1, 0.15) is 22.8 Å². The molecule has 242 valence electrons. The molecule has 1 aliphatic rings. The van der Waals surface area contributed by atoms with Crippen molar-refractivity contribution in [2.75, 3.05) is 25.1 Å². The minimum absolute atomic E-state index is 0.0563. The predicted octanol–water partition coefficient (Wildman–Crippen LogP) is 6.50. The fourth-order valence-corrected chi connectivity index (χ4v) is 5.67. The number of aromatic nitrogens is 1. The molecule has 1 aromatic heterocycles. The smallest absolute Gasteiger partial charge is 0.410 e. The number of carbonyl (C=O) groups excluding carboxylic acids is 3. The molecule has 1 fully saturated rings. The molecular formula is C36H41ClN4O5. The summed E-state index contributed by atoms with van der Waals surface area (Å²) in [6, 6.07) is 16.3. The normalized spacial score (nSPS) is 14.9. The SMILES string of the molecule is C=CCc1cc(C[C@H](NC(=O)c2cc(Cl)nc(N(CC=C)C(C)=O)c2)C2CN(Cc3cccc(C(C)C)c3)C(=O)O2)ccc1OC. The van der Waals surface area contributed by atoms with Crippen LogP contribution in [-0.4, -0.2) is 60.1 Å². The fraction of sp³-hybridized carbons (Fsp3) is 0.333. The zero-order valence-corrected chi connectivity index (χ0v) is 27.5. The van der Waals surface area contributed by atoms with E-state index in [1.807, 2.05) is 30.3 Å². The van der Waals surface area contributed by atoms with Gasteiger partial charge in [-0.15, -0.1) is 13.2 Å². The van der Waals surface area contributed by atoms with Crippen molar-refractivity contribution < 1.29 is 23.9 Å². The first kappa shape index (κ1) is 34.2. The Morgan fingerprint density at radius 1 is 1.15 bits per heavy atom. The maximum Gasteiger partial charge on any atom is 0.410 e. The fourth-order valence-electron chi connectivity index (χ4n) is 5.46. The van der Waals surface area contributed by atoms with Crippen molar-refractivity contribution in [1.29, 1.82) is 0 Å². The third-order valence-electron chi connectivity index (χ3n) is 7.84. The molecule has 2 atom stereocenters. The lowest BCUT2D eigenvalue weighted by atomic mass is 9.97. The quantitative estimate of drug-likeness (QED) is 0.159. The molecular weight excluding hydrogens is 604 g/mol. The number of methoxy groups -OCH3 is 1. The van der Waals surface area contributed by atoms with Crippen molar-refractivity contribution in [2.24, 2.45) is 0 Å². The summed E-state index contributed by atoms with van der Waals surface area (Å²) in [7, 11) is 1.62. The van der Waals surface area contributed by atoms with E-state index in [0.717, 1.165) is 22.4 Å². The van der Waals surface area contributed by atoms with Crippen LogP contribution in [0.15, 0.2) is 79.9 Å². The van der Waals surface area contributed by atoms with Gasteiger partial charge in [-0.05, 0) is 59.2 Å². The second-order valence-corrected chi connectivity index (χ2v) is 12.0. The van der Waals surface area contributed by atoms with Gasteiger partial charge < -0.3 is 19.7 Å². The van der Waals surface area contributed by atoms with E-state index in [1.165, 1.54) is 29.5 Å². The van der Waals surface area contributed by atoms with Gasteiger partial charge in [0.2, 0.25) is 5.91 Å². The number of amides is 3. The third kappa shape index (κ3) is 8.54. The Morgan fingerprint density at radius 2 is 1.93 bits per heavy atom. The van der Waals surface area contributed by atoms with Gasteiger partial charge in [0.15, 0.2) is 0 Å². The number of pyridine rings is 1. The van der Waals surface area contributed by atoms with Gasteiger partial charge in [0.05, 0.1) is 19.7 Å². The molecule has 3 amide bonds. The second-order valence-electron chi connectivity index (χ2n) is 11.6. The highest BCUT2D eigenvalue weighted by Crippen LogP contribution is 2.26. The summed E-state index contributed by atoms with van der Waals surface area (Å²) < 4.78 is 11.4. The highest BCUT2D eigenvalue weighted by Gasteiger charge is 2.38. The molecule has 1 aliphatic heterocycles. The maximum atomic E-state index is 13.8. The van der Waals surface area contributed by atoms with Crippen molar-refractivity contribution >= 4 is 35.3 Å². The van der Waals surface area contributed by atoms with E-state index < -0.39 is 24.1 Å². The van der Waals surface area contributed by atoms with Gasteiger partial charge in [-0.25, -0.2) is 9.78 Å². The van der Waals surface area contributed by atoms with E-state index in [4.69, 9.17) is 21.1 Å². The van der Waals surface area contributed by atoms with Gasteiger partial charge >= 0.3 is 6.09 Å². The Kier molecular flexibility index (Phi) is 11.6. The number of carbonyl (C=O) groups is 3. The first-order chi connectivity index (χ1) is 22.0. The summed E-state index contributed by atoms with van der Waals surface area (Å²) in [4.78, 5) is 46.4. The van der Waals surface area contributed by atoms with Crippen LogP contribution in [0, 0.1) is 0 Å². The monoisotopic (exact) mass is 644 g/mol. The van der Waals surface area contributed by atoms with Gasteiger partial charge in [-0.3, -0.25) is 14.5 Å². The summed E-state index contributed by atoms with van der Waals surface area (Å²) in [6.45, 7) is 14.1. The number of anilines is 1. The van der Waals surface area contributed by atoms with Crippen LogP contribution >= 0.6 is 11.6 Å². The number of nitrogens with zero attached hydrogens (tertiary/aromatic N) is 3. The Labute approximate surface area is 275 Å². The van der Waals surface area contributed by atoms with Crippen molar-refractivity contribution in [3.05, 3.63) is 113 Å². The zero-order valence-electron chi connectivity index (χ0n) is 26.8. The highest BCUT2D eigenvalue weighted by molar-refractivity contribution is 6.30. The molecule has 0 spiro atoms. The van der Waals surface area contributed by atoms with Crippen LogP contribution in [-0.2, 0) is 28.9 Å². The molecule has 4 rings (SSSR count). The number of hydrogen-bond acceptors (Lipinski definition) is 6. The van der Waals surface area contributed by atoms with Crippen molar-refractivity contribution in [2.45, 2.75) is 58.2 Å². The van der Waals surface area contributed by atoms with Crippen molar-refractivity contribution in [1.82, 2.24) is 15.2 Å². The molecule has 3 aromatic rings. The average Bonchev–Trinajstić information content (AvgIpc) is 3.38. The van der Waals surface area contributed by atoms with E-state index >= 15 is 0 Å². The predicted molar refractivity (Wildman–Crippen MR) is 181 cm³/mol. The molecule has 2 aromatic carbocycles. The summed E-state index contributed by atoms with van der Waals surface area (Å²) in [5, 5.41) is 3.14. The van der Waals surface area contributed by atoms with Crippen LogP contribution in [0.1, 0.15) is 59.3 Å². The van der Waals surface area contributed by atoms with Gasteiger partial charge in [0, 0.05) is 25.6 Å². The maximum absolute atomic E-state index is 13.8. The van der Waals surface area contributed by atoms with E-state index in [2.05, 4.69) is 49.4 Å². The first-order valence-corrected chi connectivity index (χ1v) is 15.6. The van der Waals surface area contributed by atoms with Gasteiger partial charge in [-0.1, -0.05) is 74.0 Å². The minimum atomic E-state index is -0.638. The van der Waals surface area contributed by atoms with Crippen molar-refractivity contribution in [3.63, 3.8) is 0 Å². The Bertz CT molecular complexity index is 1610. The van der Waals surface area contributed by atoms with Gasteiger partial charge in [-0.2, -0.15) is 0 Å². The third-order valence-corrected chi connectivity index (χ3v) is 8.04. The number of nitrogens with one attached hydrogen (secondary N) is 1. The van der Waals surface area contributed by atoms with E-state index in [9.17, 15) is 14.4 Å². The Morgan fingerprint density at radius 3 is 2.61 bits per heavy atom. The molecule has 9 nitrogen and oxygen atoms in total. The topological polar surface area (TPSA) is 101 Å². The number of rotatable bonds is 14. The van der Waals surface area contributed by atoms with Crippen LogP contribution in [0.4, 0.5) is 10.6 Å². The van der Waals surface area contributed by atoms with E-state index in [0.29, 0.717) is 25.3 Å². The molecule has 0 bridgehead atoms. The molecule has 1 saturated heterocycles. The number of hydrogen-bond donors (Lipinski definition) is 1. The minimum Gasteiger partial charge on any atom is -0.496 e. The molecule has 1 N–H and O–H groups in total. The molecule has 0 radical (unpaired) electrons. The lowest BCUT2D eigenvalue weighted by Crippen LogP contribution is -2.46. The lowest BCUT2D eigenvalue weighted by Gasteiger charge is -2.25. The molecule has 1 unspecified atom stereocenters. The Balaban J connectivity index is 1.63. The molecule has 2 heterocycles. The second kappa shape index (κ2) is 15.6. The molecule has 0 saturated carbocycles. The van der Waals surface area contributed by atoms with E-state index in [1.54, 1.807) is 24.2 Å². The molecule has 46 heavy (non-hydrogen) atoms. The molecule has 10 heteroatoms. The Hall–Kier alpha value is -4.63. The van der Waals surface area contributed by atoms with Crippen LogP contribution in [0.25, 0.3) is 0 Å². The number of halogens is 1. The first-order valence-electron chi connectivity index (χ1n) is 15.2. The van der Waals surface area contributed by atoms with E-state index in [-0.39, 0.29) is 35.5 Å². The largest absolute Gasteiger partial charge is 0.496 e. The number of ether oxygens (including phenoxy) is 2. The number of cyclic esters (lactones) is 1. The molecule has 0 aliphatic carbocycles. The zero-order chi connectivity index (χ0) is 33.4. The number of allylic oxidation sites excluding steroid dienone is 1. The van der Waals surface area contributed by atoms with Crippen LogP contribution in [0.2, 0.25) is 5.15 Å². The van der Waals surface area contributed by atoms with Gasteiger partial charge in [0.25, 0.3) is 5.91 Å². The highest BCUT2D eigenvalue weighted by atomic mass is 35.5. The number of benzene rings is 2. The summed E-state index contributed by atoms with van der Waals surface area (Å²) >= 11 is 6.31. The van der Waals surface area contributed by atoms with Crippen LogP contribution in [0.5, 0.6) is 5.75 Å². The standard InChI is InChI=1S/C36H41ClN4O5/c1-7-10-28-16-25(13-14-31(28)45-6)18-30(32-22-40(36(44)46-32)21-26-11-9-12-27(17-26)23(3)4)38-35(43)29-19-33(37)39-34(20-29)41(15-8-2)24(5)42/h7-9,11-14,16-17,19-20,23,30,32H,1-2,10,15,18,21-22H2,3-6H3,(H,38,43)/t30-,32?/m0/s1. The summed E-state index contributed by atoms with van der Waals surface area (Å²) in [5.41, 5.74) is 4.27. The van der Waals surface area contributed by atoms with Crippen LogP contribution in [0.3, 0.4) is 0 Å². The lowest BCUT2D eigenvalue weighted by molar-refractivity contribution is -0.116. The summed E-state index contributed by atoms with van der Waals surface area (Å²) in [5.74, 6) is 0.602. The van der Waals surface area contributed by atoms with Crippen molar-refractivity contribution in [3.8, 4) is 5.75 Å².